The maximum Gasteiger partial charge on any atom is 0.125 e. The SMILES string of the molecule is CNCc1occc1-c1cccc2ccncc12. The van der Waals surface area contributed by atoms with Crippen LogP contribution in [0.25, 0.3) is 21.9 Å². The van der Waals surface area contributed by atoms with Gasteiger partial charge in [0.1, 0.15) is 5.76 Å². The number of pyridine rings is 1. The Morgan fingerprint density at radius 2 is 2.11 bits per heavy atom. The van der Waals surface area contributed by atoms with Crippen LogP contribution in [0.15, 0.2) is 53.4 Å². The molecule has 0 saturated carbocycles. The molecule has 0 aliphatic carbocycles. The van der Waals surface area contributed by atoms with E-state index in [2.05, 4.69) is 28.5 Å². The lowest BCUT2D eigenvalue weighted by molar-refractivity contribution is 0.497. The third-order valence-corrected chi connectivity index (χ3v) is 3.06. The lowest BCUT2D eigenvalue weighted by Crippen LogP contribution is -2.04. The van der Waals surface area contributed by atoms with Crippen molar-refractivity contribution < 1.29 is 4.42 Å². The van der Waals surface area contributed by atoms with Crippen molar-refractivity contribution >= 4 is 10.8 Å². The van der Waals surface area contributed by atoms with E-state index in [1.807, 2.05) is 31.6 Å². The van der Waals surface area contributed by atoms with Gasteiger partial charge in [-0.15, -0.1) is 0 Å². The van der Waals surface area contributed by atoms with Crippen molar-refractivity contribution in [2.24, 2.45) is 0 Å². The minimum Gasteiger partial charge on any atom is -0.467 e. The topological polar surface area (TPSA) is 38.1 Å². The zero-order chi connectivity index (χ0) is 12.4. The Hall–Kier alpha value is -2.13. The fourth-order valence-electron chi connectivity index (χ4n) is 2.23. The summed E-state index contributed by atoms with van der Waals surface area (Å²) in [4.78, 5) is 4.21. The van der Waals surface area contributed by atoms with Gasteiger partial charge in [-0.3, -0.25) is 4.98 Å². The van der Waals surface area contributed by atoms with Crippen molar-refractivity contribution in [3.8, 4) is 11.1 Å². The van der Waals surface area contributed by atoms with Gasteiger partial charge in [-0.1, -0.05) is 18.2 Å². The predicted octanol–water partition coefficient (Wildman–Crippen LogP) is 3.21. The number of rotatable bonds is 3. The van der Waals surface area contributed by atoms with E-state index < -0.39 is 0 Å². The van der Waals surface area contributed by atoms with E-state index >= 15 is 0 Å². The van der Waals surface area contributed by atoms with E-state index in [1.165, 1.54) is 10.9 Å². The van der Waals surface area contributed by atoms with Crippen molar-refractivity contribution in [2.45, 2.75) is 6.54 Å². The third-order valence-electron chi connectivity index (χ3n) is 3.06. The first-order valence-electron chi connectivity index (χ1n) is 5.94. The zero-order valence-electron chi connectivity index (χ0n) is 10.2. The number of hydrogen-bond acceptors (Lipinski definition) is 3. The number of furan rings is 1. The Morgan fingerprint density at radius 3 is 3.00 bits per heavy atom. The summed E-state index contributed by atoms with van der Waals surface area (Å²) in [6, 6.07) is 10.3. The molecule has 1 N–H and O–H groups in total. The predicted molar refractivity (Wildman–Crippen MR) is 72.2 cm³/mol. The standard InChI is InChI=1S/C15H14N2O/c1-16-10-15-13(6-8-18-15)12-4-2-3-11-5-7-17-9-14(11)12/h2-9,16H,10H2,1H3. The van der Waals surface area contributed by atoms with Crippen molar-refractivity contribution in [1.29, 1.82) is 0 Å². The molecule has 0 atom stereocenters. The third kappa shape index (κ3) is 1.79. The number of benzene rings is 1. The van der Waals surface area contributed by atoms with Gasteiger partial charge >= 0.3 is 0 Å². The monoisotopic (exact) mass is 238 g/mol. The van der Waals surface area contributed by atoms with Crippen LogP contribution in [0.4, 0.5) is 0 Å². The molecule has 90 valence electrons. The van der Waals surface area contributed by atoms with E-state index in [0.29, 0.717) is 0 Å². The molecule has 1 aromatic carbocycles. The molecular weight excluding hydrogens is 224 g/mol. The van der Waals surface area contributed by atoms with E-state index in [9.17, 15) is 0 Å². The molecule has 0 spiro atoms. The summed E-state index contributed by atoms with van der Waals surface area (Å²) < 4.78 is 5.53. The molecule has 0 aliphatic heterocycles. The minimum atomic E-state index is 0.721. The zero-order valence-corrected chi connectivity index (χ0v) is 10.2. The maximum absolute atomic E-state index is 5.53. The largest absolute Gasteiger partial charge is 0.467 e. The van der Waals surface area contributed by atoms with Crippen molar-refractivity contribution in [2.75, 3.05) is 7.05 Å². The first kappa shape index (κ1) is 11.0. The van der Waals surface area contributed by atoms with Crippen LogP contribution < -0.4 is 5.32 Å². The molecule has 3 aromatic rings. The summed E-state index contributed by atoms with van der Waals surface area (Å²) in [6.45, 7) is 0.721. The van der Waals surface area contributed by atoms with Gasteiger partial charge in [0.05, 0.1) is 12.8 Å². The van der Waals surface area contributed by atoms with E-state index in [1.54, 1.807) is 6.26 Å². The summed E-state index contributed by atoms with van der Waals surface area (Å²) in [7, 11) is 1.91. The normalized spacial score (nSPS) is 10.9. The Balaban J connectivity index is 2.22. The van der Waals surface area contributed by atoms with Gasteiger partial charge in [-0.05, 0) is 30.1 Å². The average molecular weight is 238 g/mol. The summed E-state index contributed by atoms with van der Waals surface area (Å²) in [5.41, 5.74) is 2.29. The number of nitrogens with one attached hydrogen (secondary N) is 1. The fraction of sp³-hybridized carbons (Fsp3) is 0.133. The van der Waals surface area contributed by atoms with Crippen LogP contribution in [0.2, 0.25) is 0 Å². The highest BCUT2D eigenvalue weighted by Crippen LogP contribution is 2.31. The van der Waals surface area contributed by atoms with Gasteiger partial charge in [0.2, 0.25) is 0 Å². The van der Waals surface area contributed by atoms with Gasteiger partial charge in [0.15, 0.2) is 0 Å². The highest BCUT2D eigenvalue weighted by Gasteiger charge is 2.10. The van der Waals surface area contributed by atoms with Crippen LogP contribution in [0.1, 0.15) is 5.76 Å². The molecule has 0 amide bonds. The quantitative estimate of drug-likeness (QED) is 0.761. The molecule has 0 fully saturated rings. The summed E-state index contributed by atoms with van der Waals surface area (Å²) in [5, 5.41) is 5.46. The van der Waals surface area contributed by atoms with Crippen LogP contribution in [0, 0.1) is 0 Å². The van der Waals surface area contributed by atoms with Gasteiger partial charge in [-0.25, -0.2) is 0 Å². The summed E-state index contributed by atoms with van der Waals surface area (Å²) in [5.74, 6) is 0.953. The summed E-state index contributed by atoms with van der Waals surface area (Å²) >= 11 is 0. The number of aromatic nitrogens is 1. The molecule has 3 nitrogen and oxygen atoms in total. The molecule has 2 heterocycles. The molecule has 3 rings (SSSR count). The minimum absolute atomic E-state index is 0.721. The Kier molecular flexibility index (Phi) is 2.82. The summed E-state index contributed by atoms with van der Waals surface area (Å²) in [6.07, 6.45) is 5.45. The van der Waals surface area contributed by atoms with Gasteiger partial charge in [0.25, 0.3) is 0 Å². The molecule has 0 aliphatic rings. The second kappa shape index (κ2) is 4.63. The highest BCUT2D eigenvalue weighted by atomic mass is 16.3. The number of nitrogens with zero attached hydrogens (tertiary/aromatic N) is 1. The van der Waals surface area contributed by atoms with E-state index in [4.69, 9.17) is 4.42 Å². The van der Waals surface area contributed by atoms with E-state index in [0.717, 1.165) is 23.3 Å². The molecule has 2 aromatic heterocycles. The van der Waals surface area contributed by atoms with Gasteiger partial charge in [0, 0.05) is 23.3 Å². The molecule has 0 saturated heterocycles. The molecule has 3 heteroatoms. The lowest BCUT2D eigenvalue weighted by atomic mass is 10.00. The first-order valence-corrected chi connectivity index (χ1v) is 5.94. The van der Waals surface area contributed by atoms with Crippen LogP contribution in [-0.4, -0.2) is 12.0 Å². The van der Waals surface area contributed by atoms with Crippen LogP contribution in [0.3, 0.4) is 0 Å². The smallest absolute Gasteiger partial charge is 0.125 e. The second-order valence-corrected chi connectivity index (χ2v) is 4.19. The molecule has 18 heavy (non-hydrogen) atoms. The fourth-order valence-corrected chi connectivity index (χ4v) is 2.23. The number of hydrogen-bond donors (Lipinski definition) is 1. The van der Waals surface area contributed by atoms with Crippen LogP contribution >= 0.6 is 0 Å². The Labute approximate surface area is 105 Å². The molecular formula is C15H14N2O. The van der Waals surface area contributed by atoms with Crippen molar-refractivity contribution in [3.05, 3.63) is 54.7 Å². The molecule has 0 radical (unpaired) electrons. The second-order valence-electron chi connectivity index (χ2n) is 4.19. The first-order chi connectivity index (χ1) is 8.90. The number of fused-ring (bicyclic) bond motifs is 1. The Morgan fingerprint density at radius 1 is 1.17 bits per heavy atom. The lowest BCUT2D eigenvalue weighted by Gasteiger charge is -2.06. The maximum atomic E-state index is 5.53. The Bertz CT molecular complexity index is 668. The van der Waals surface area contributed by atoms with E-state index in [-0.39, 0.29) is 0 Å². The van der Waals surface area contributed by atoms with Crippen molar-refractivity contribution in [3.63, 3.8) is 0 Å². The molecule has 0 bridgehead atoms. The van der Waals surface area contributed by atoms with Crippen LogP contribution in [0.5, 0.6) is 0 Å². The highest BCUT2D eigenvalue weighted by molar-refractivity contribution is 5.96. The van der Waals surface area contributed by atoms with Crippen LogP contribution in [-0.2, 0) is 6.54 Å². The molecule has 0 unspecified atom stereocenters. The van der Waals surface area contributed by atoms with Crippen molar-refractivity contribution in [1.82, 2.24) is 10.3 Å². The average Bonchev–Trinajstić information content (AvgIpc) is 2.87. The van der Waals surface area contributed by atoms with Gasteiger partial charge < -0.3 is 9.73 Å². The van der Waals surface area contributed by atoms with Gasteiger partial charge in [-0.2, -0.15) is 0 Å².